The lowest BCUT2D eigenvalue weighted by molar-refractivity contribution is 0.243. The van der Waals surface area contributed by atoms with Crippen molar-refractivity contribution in [1.82, 2.24) is 15.3 Å². The molecule has 1 fully saturated rings. The number of rotatable bonds is 3. The van der Waals surface area contributed by atoms with Gasteiger partial charge in [-0.3, -0.25) is 4.90 Å². The quantitative estimate of drug-likeness (QED) is 0.714. The van der Waals surface area contributed by atoms with E-state index in [1.54, 1.807) is 22.6 Å². The van der Waals surface area contributed by atoms with Crippen LogP contribution in [0, 0.1) is 0 Å². The Balaban J connectivity index is 1.50. The molecule has 6 nitrogen and oxygen atoms in total. The van der Waals surface area contributed by atoms with Crippen molar-refractivity contribution >= 4 is 44.8 Å². The summed E-state index contributed by atoms with van der Waals surface area (Å²) >= 11 is 1.80. The number of nitrogens with zero attached hydrogens (tertiary/aromatic N) is 3. The summed E-state index contributed by atoms with van der Waals surface area (Å²) in [7, 11) is 0. The molecule has 0 saturated carbocycles. The summed E-state index contributed by atoms with van der Waals surface area (Å²) in [5.74, 6) is 0.861. The highest BCUT2D eigenvalue weighted by Gasteiger charge is 2.21. The van der Waals surface area contributed by atoms with Crippen LogP contribution < -0.4 is 15.5 Å². The highest BCUT2D eigenvalue weighted by Crippen LogP contribution is 2.39. The summed E-state index contributed by atoms with van der Waals surface area (Å²) in [6.45, 7) is 1.49. The largest absolute Gasteiger partial charge is 0.340 e. The van der Waals surface area contributed by atoms with Gasteiger partial charge >= 0.3 is 6.03 Å². The molecule has 0 radical (unpaired) electrons. The maximum atomic E-state index is 12.1. The van der Waals surface area contributed by atoms with Gasteiger partial charge in [-0.25, -0.2) is 14.8 Å². The molecule has 0 unspecified atom stereocenters. The third-order valence-electron chi connectivity index (χ3n) is 5.25. The molecule has 0 atom stereocenters. The third-order valence-corrected chi connectivity index (χ3v) is 6.45. The van der Waals surface area contributed by atoms with E-state index in [4.69, 9.17) is 0 Å². The molecule has 0 bridgehead atoms. The normalized spacial score (nSPS) is 16.9. The topological polar surface area (TPSA) is 70.2 Å². The minimum atomic E-state index is -0.0327. The zero-order chi connectivity index (χ0) is 18.2. The van der Waals surface area contributed by atoms with Crippen LogP contribution in [0.2, 0.25) is 0 Å². The summed E-state index contributed by atoms with van der Waals surface area (Å²) in [6, 6.07) is 7.93. The van der Waals surface area contributed by atoms with E-state index in [2.05, 4.69) is 20.6 Å². The van der Waals surface area contributed by atoms with Gasteiger partial charge in [-0.05, 0) is 55.9 Å². The van der Waals surface area contributed by atoms with Crippen LogP contribution in [-0.2, 0) is 12.8 Å². The van der Waals surface area contributed by atoms with Crippen LogP contribution >= 0.6 is 11.3 Å². The van der Waals surface area contributed by atoms with Crippen molar-refractivity contribution in [2.24, 2.45) is 0 Å². The number of benzene rings is 1. The van der Waals surface area contributed by atoms with E-state index in [9.17, 15) is 4.79 Å². The first kappa shape index (κ1) is 16.5. The number of hydrogen-bond donors (Lipinski definition) is 2. The second-order valence-electron chi connectivity index (χ2n) is 7.03. The molecular weight excluding hydrogens is 358 g/mol. The predicted octanol–water partition coefficient (Wildman–Crippen LogP) is 4.23. The molecule has 27 heavy (non-hydrogen) atoms. The van der Waals surface area contributed by atoms with Gasteiger partial charge in [-0.15, -0.1) is 11.3 Å². The molecule has 7 heteroatoms. The third kappa shape index (κ3) is 3.02. The molecular formula is C20H21N5OS. The highest BCUT2D eigenvalue weighted by atomic mass is 32.1. The first-order chi connectivity index (χ1) is 13.3. The van der Waals surface area contributed by atoms with Crippen molar-refractivity contribution in [1.29, 1.82) is 0 Å². The standard InChI is InChI=1S/C20H21N5OS/c26-20-21-9-4-10-25(20)14-6-3-5-13(11-14)24-18-17-15-7-1-2-8-16(15)27-19(17)23-12-22-18/h3,5-6,11-12H,1-2,4,7-10H2,(H,21,26)(H,22,23,24). The van der Waals surface area contributed by atoms with Gasteiger partial charge in [0.1, 0.15) is 17.0 Å². The van der Waals surface area contributed by atoms with Crippen LogP contribution in [0.25, 0.3) is 10.2 Å². The second-order valence-corrected chi connectivity index (χ2v) is 8.11. The molecule has 2 amide bonds. The Hall–Kier alpha value is -2.67. The predicted molar refractivity (Wildman–Crippen MR) is 109 cm³/mol. The number of thiophene rings is 1. The lowest BCUT2D eigenvalue weighted by Gasteiger charge is -2.27. The Morgan fingerprint density at radius 3 is 3.00 bits per heavy atom. The molecule has 1 saturated heterocycles. The number of fused-ring (bicyclic) bond motifs is 3. The number of amides is 2. The van der Waals surface area contributed by atoms with Crippen LogP contribution in [0.15, 0.2) is 30.6 Å². The van der Waals surface area contributed by atoms with Gasteiger partial charge < -0.3 is 10.6 Å². The smallest absolute Gasteiger partial charge is 0.321 e. The van der Waals surface area contributed by atoms with Gasteiger partial charge in [-0.2, -0.15) is 0 Å². The number of urea groups is 1. The Kier molecular flexibility index (Phi) is 4.16. The van der Waals surface area contributed by atoms with E-state index in [1.165, 1.54) is 28.7 Å². The molecule has 3 aromatic rings. The van der Waals surface area contributed by atoms with E-state index < -0.39 is 0 Å². The Bertz CT molecular complexity index is 1010. The lowest BCUT2D eigenvalue weighted by atomic mass is 9.97. The van der Waals surface area contributed by atoms with Crippen molar-refractivity contribution in [3.63, 3.8) is 0 Å². The van der Waals surface area contributed by atoms with Gasteiger partial charge in [0, 0.05) is 29.3 Å². The van der Waals surface area contributed by atoms with Crippen molar-refractivity contribution in [3.05, 3.63) is 41.0 Å². The second kappa shape index (κ2) is 6.81. The number of aromatic nitrogens is 2. The van der Waals surface area contributed by atoms with Crippen molar-refractivity contribution in [2.45, 2.75) is 32.1 Å². The van der Waals surface area contributed by atoms with Crippen LogP contribution in [-0.4, -0.2) is 29.1 Å². The van der Waals surface area contributed by atoms with Crippen molar-refractivity contribution in [3.8, 4) is 0 Å². The SMILES string of the molecule is O=C1NCCCN1c1cccc(Nc2ncnc3sc4c(c23)CCCC4)c1. The molecule has 1 aliphatic carbocycles. The Morgan fingerprint density at radius 1 is 1.15 bits per heavy atom. The fraction of sp³-hybridized carbons (Fsp3) is 0.350. The maximum absolute atomic E-state index is 12.1. The number of hydrogen-bond acceptors (Lipinski definition) is 5. The minimum absolute atomic E-state index is 0.0327. The van der Waals surface area contributed by atoms with E-state index >= 15 is 0 Å². The van der Waals surface area contributed by atoms with E-state index in [-0.39, 0.29) is 6.03 Å². The molecule has 2 aliphatic rings. The molecule has 2 N–H and O–H groups in total. The lowest BCUT2D eigenvalue weighted by Crippen LogP contribution is -2.46. The minimum Gasteiger partial charge on any atom is -0.340 e. The van der Waals surface area contributed by atoms with Crippen LogP contribution in [0.4, 0.5) is 22.0 Å². The number of carbonyl (C=O) groups excluding carboxylic acids is 1. The summed E-state index contributed by atoms with van der Waals surface area (Å²) in [6.07, 6.45) is 7.33. The summed E-state index contributed by atoms with van der Waals surface area (Å²) in [5.41, 5.74) is 3.24. The molecule has 3 heterocycles. The van der Waals surface area contributed by atoms with E-state index in [1.807, 2.05) is 24.3 Å². The highest BCUT2D eigenvalue weighted by molar-refractivity contribution is 7.19. The maximum Gasteiger partial charge on any atom is 0.321 e. The first-order valence-electron chi connectivity index (χ1n) is 9.47. The fourth-order valence-corrected chi connectivity index (χ4v) is 5.18. The zero-order valence-electron chi connectivity index (χ0n) is 15.0. The number of anilines is 3. The average molecular weight is 379 g/mol. The van der Waals surface area contributed by atoms with Gasteiger partial charge in [0.2, 0.25) is 0 Å². The summed E-state index contributed by atoms with van der Waals surface area (Å²) < 4.78 is 0. The van der Waals surface area contributed by atoms with Crippen molar-refractivity contribution < 1.29 is 4.79 Å². The molecule has 138 valence electrons. The van der Waals surface area contributed by atoms with Gasteiger partial charge in [0.05, 0.1) is 5.39 Å². The molecule has 1 aromatic carbocycles. The van der Waals surface area contributed by atoms with Crippen LogP contribution in [0.3, 0.4) is 0 Å². The van der Waals surface area contributed by atoms with Gasteiger partial charge in [0.25, 0.3) is 0 Å². The van der Waals surface area contributed by atoms with Crippen LogP contribution in [0.1, 0.15) is 29.7 Å². The van der Waals surface area contributed by atoms with Gasteiger partial charge in [0.15, 0.2) is 0 Å². The monoisotopic (exact) mass is 379 g/mol. The molecule has 2 aromatic heterocycles. The summed E-state index contributed by atoms with van der Waals surface area (Å²) in [5, 5.41) is 7.54. The molecule has 1 aliphatic heterocycles. The number of carbonyl (C=O) groups is 1. The molecule has 5 rings (SSSR count). The van der Waals surface area contributed by atoms with E-state index in [0.717, 1.165) is 54.4 Å². The molecule has 0 spiro atoms. The average Bonchev–Trinajstić information content (AvgIpc) is 3.08. The summed E-state index contributed by atoms with van der Waals surface area (Å²) in [4.78, 5) is 25.5. The first-order valence-corrected chi connectivity index (χ1v) is 10.3. The Morgan fingerprint density at radius 2 is 2.07 bits per heavy atom. The van der Waals surface area contributed by atoms with Crippen molar-refractivity contribution in [2.75, 3.05) is 23.3 Å². The van der Waals surface area contributed by atoms with Crippen LogP contribution in [0.5, 0.6) is 0 Å². The number of aryl methyl sites for hydroxylation is 2. The van der Waals surface area contributed by atoms with Gasteiger partial charge in [-0.1, -0.05) is 6.07 Å². The van der Waals surface area contributed by atoms with E-state index in [0.29, 0.717) is 0 Å². The number of nitrogens with one attached hydrogen (secondary N) is 2. The fourth-order valence-electron chi connectivity index (χ4n) is 3.95. The zero-order valence-corrected chi connectivity index (χ0v) is 15.8. The Labute approximate surface area is 161 Å².